The average molecular weight is 402 g/mol. The molecule has 9 heteroatoms. The van der Waals surface area contributed by atoms with Gasteiger partial charge in [0, 0.05) is 5.54 Å². The molecule has 1 fully saturated rings. The summed E-state index contributed by atoms with van der Waals surface area (Å²) >= 11 is 11.6. The van der Waals surface area contributed by atoms with Crippen LogP contribution in [0.3, 0.4) is 0 Å². The van der Waals surface area contributed by atoms with E-state index in [0.717, 1.165) is 17.5 Å². The van der Waals surface area contributed by atoms with Gasteiger partial charge in [0.2, 0.25) is 10.0 Å². The Hall–Kier alpha value is -1.41. The minimum Gasteiger partial charge on any atom is -0.266 e. The highest BCUT2D eigenvalue weighted by atomic mass is 35.5. The quantitative estimate of drug-likeness (QED) is 0.834. The van der Waals surface area contributed by atoms with Crippen molar-refractivity contribution in [1.82, 2.24) is 14.5 Å². The Balaban J connectivity index is 1.90. The van der Waals surface area contributed by atoms with Gasteiger partial charge in [-0.1, -0.05) is 23.2 Å². The van der Waals surface area contributed by atoms with Crippen LogP contribution in [0.1, 0.15) is 26.7 Å². The maximum absolute atomic E-state index is 12.6. The van der Waals surface area contributed by atoms with Crippen molar-refractivity contribution in [3.05, 3.63) is 50.9 Å². The number of aromatic nitrogens is 2. The number of rotatable bonds is 5. The van der Waals surface area contributed by atoms with E-state index in [1.54, 1.807) is 0 Å². The Kier molecular flexibility index (Phi) is 4.70. The average Bonchev–Trinajstić information content (AvgIpc) is 3.37. The second kappa shape index (κ2) is 6.39. The molecule has 0 amide bonds. The van der Waals surface area contributed by atoms with Crippen LogP contribution in [-0.2, 0) is 10.0 Å². The predicted octanol–water partition coefficient (Wildman–Crippen LogP) is 3.01. The fourth-order valence-corrected chi connectivity index (χ4v) is 4.38. The summed E-state index contributed by atoms with van der Waals surface area (Å²) in [4.78, 5) is 12.2. The van der Waals surface area contributed by atoms with Crippen LogP contribution in [0.4, 0.5) is 0 Å². The fraction of sp³-hybridized carbons (Fsp3) is 0.375. The number of hydrogen-bond donors (Lipinski definition) is 1. The number of benzene rings is 1. The Morgan fingerprint density at radius 1 is 1.20 bits per heavy atom. The molecule has 25 heavy (non-hydrogen) atoms. The lowest BCUT2D eigenvalue weighted by molar-refractivity contribution is 0.400. The van der Waals surface area contributed by atoms with Crippen LogP contribution in [0.2, 0.25) is 10.0 Å². The molecule has 1 aliphatic carbocycles. The molecular weight excluding hydrogens is 385 g/mol. The Labute approximate surface area is 155 Å². The van der Waals surface area contributed by atoms with Gasteiger partial charge in [0.1, 0.15) is 5.02 Å². The fourth-order valence-electron chi connectivity index (χ4n) is 2.66. The molecule has 1 aromatic heterocycles. The molecule has 0 unspecified atom stereocenters. The summed E-state index contributed by atoms with van der Waals surface area (Å²) in [5.41, 5.74) is -0.665. The molecule has 134 valence electrons. The minimum absolute atomic E-state index is 0.0635. The molecule has 0 atom stereocenters. The summed E-state index contributed by atoms with van der Waals surface area (Å²) in [6, 6.07) is 5.85. The zero-order chi connectivity index (χ0) is 18.4. The largest absolute Gasteiger partial charge is 0.291 e. The molecule has 1 aliphatic rings. The number of nitrogens with one attached hydrogen (secondary N) is 1. The van der Waals surface area contributed by atoms with E-state index >= 15 is 0 Å². The van der Waals surface area contributed by atoms with Gasteiger partial charge in [-0.2, -0.15) is 9.78 Å². The van der Waals surface area contributed by atoms with Gasteiger partial charge in [-0.3, -0.25) is 4.79 Å². The van der Waals surface area contributed by atoms with Crippen LogP contribution in [0, 0.1) is 5.92 Å². The van der Waals surface area contributed by atoms with E-state index in [0.29, 0.717) is 11.6 Å². The van der Waals surface area contributed by atoms with Gasteiger partial charge >= 0.3 is 0 Å². The van der Waals surface area contributed by atoms with Gasteiger partial charge < -0.3 is 0 Å². The van der Waals surface area contributed by atoms with Crippen molar-refractivity contribution in [2.24, 2.45) is 5.92 Å². The van der Waals surface area contributed by atoms with Crippen LogP contribution >= 0.6 is 23.2 Å². The molecule has 1 aromatic carbocycles. The highest BCUT2D eigenvalue weighted by Gasteiger charge is 2.40. The lowest BCUT2D eigenvalue weighted by Gasteiger charge is -2.25. The maximum Gasteiger partial charge on any atom is 0.291 e. The third-order valence-corrected chi connectivity index (χ3v) is 6.70. The molecular formula is C16H17Cl2N3O3S. The number of halogens is 2. The minimum atomic E-state index is -3.65. The topological polar surface area (TPSA) is 81.1 Å². The summed E-state index contributed by atoms with van der Waals surface area (Å²) in [6.07, 6.45) is 3.32. The SMILES string of the molecule is CC(C)(NS(=O)(=O)c1ccc(-n2ncc(Cl)c(Cl)c2=O)cc1)C1CC1. The van der Waals surface area contributed by atoms with Crippen molar-refractivity contribution in [2.75, 3.05) is 0 Å². The van der Waals surface area contributed by atoms with Gasteiger partial charge in [-0.15, -0.1) is 0 Å². The molecule has 0 saturated heterocycles. The molecule has 1 saturated carbocycles. The Morgan fingerprint density at radius 2 is 1.80 bits per heavy atom. The van der Waals surface area contributed by atoms with Crippen LogP contribution in [0.25, 0.3) is 5.69 Å². The normalized spacial score (nSPS) is 15.4. The molecule has 3 rings (SSSR count). The molecule has 2 aromatic rings. The van der Waals surface area contributed by atoms with Gasteiger partial charge in [-0.25, -0.2) is 13.1 Å². The molecule has 0 spiro atoms. The van der Waals surface area contributed by atoms with Gasteiger partial charge in [0.25, 0.3) is 5.56 Å². The Bertz CT molecular complexity index is 965. The van der Waals surface area contributed by atoms with Crippen molar-refractivity contribution in [3.8, 4) is 5.69 Å². The molecule has 1 heterocycles. The third kappa shape index (κ3) is 3.74. The smallest absolute Gasteiger partial charge is 0.266 e. The lowest BCUT2D eigenvalue weighted by atomic mass is 10.0. The van der Waals surface area contributed by atoms with Crippen molar-refractivity contribution < 1.29 is 8.42 Å². The van der Waals surface area contributed by atoms with Gasteiger partial charge in [0.15, 0.2) is 0 Å². The second-order valence-electron chi connectivity index (χ2n) is 6.62. The summed E-state index contributed by atoms with van der Waals surface area (Å²) in [6.45, 7) is 3.77. The van der Waals surface area contributed by atoms with E-state index in [-0.39, 0.29) is 14.9 Å². The Morgan fingerprint density at radius 3 is 2.36 bits per heavy atom. The monoisotopic (exact) mass is 401 g/mol. The number of nitrogens with zero attached hydrogens (tertiary/aromatic N) is 2. The lowest BCUT2D eigenvalue weighted by Crippen LogP contribution is -2.45. The second-order valence-corrected chi connectivity index (χ2v) is 9.09. The summed E-state index contributed by atoms with van der Waals surface area (Å²) in [7, 11) is -3.65. The number of hydrogen-bond acceptors (Lipinski definition) is 4. The molecule has 0 radical (unpaired) electrons. The predicted molar refractivity (Wildman–Crippen MR) is 97.0 cm³/mol. The van der Waals surface area contributed by atoms with Crippen LogP contribution < -0.4 is 10.3 Å². The van der Waals surface area contributed by atoms with Crippen LogP contribution in [-0.4, -0.2) is 23.7 Å². The maximum atomic E-state index is 12.6. The molecule has 0 bridgehead atoms. The van der Waals surface area contributed by atoms with Crippen molar-refractivity contribution in [3.63, 3.8) is 0 Å². The van der Waals surface area contributed by atoms with E-state index in [1.807, 2.05) is 13.8 Å². The first-order valence-electron chi connectivity index (χ1n) is 7.69. The summed E-state index contributed by atoms with van der Waals surface area (Å²) in [5, 5.41) is 3.84. The summed E-state index contributed by atoms with van der Waals surface area (Å²) < 4.78 is 28.9. The van der Waals surface area contributed by atoms with E-state index in [4.69, 9.17) is 23.2 Å². The van der Waals surface area contributed by atoms with Gasteiger partial charge in [0.05, 0.1) is 21.8 Å². The van der Waals surface area contributed by atoms with E-state index < -0.39 is 21.1 Å². The molecule has 1 N–H and O–H groups in total. The van der Waals surface area contributed by atoms with E-state index in [1.165, 1.54) is 30.5 Å². The van der Waals surface area contributed by atoms with Crippen molar-refractivity contribution in [2.45, 2.75) is 37.1 Å². The molecule has 6 nitrogen and oxygen atoms in total. The molecule has 0 aliphatic heterocycles. The standard InChI is InChI=1S/C16H17Cl2N3O3S/c1-16(2,10-3-4-10)20-25(23,24)12-7-5-11(6-8-12)21-15(22)14(18)13(17)9-19-21/h5-10,20H,3-4H2,1-2H3. The van der Waals surface area contributed by atoms with Crippen molar-refractivity contribution in [1.29, 1.82) is 0 Å². The van der Waals surface area contributed by atoms with Gasteiger partial charge in [-0.05, 0) is 56.9 Å². The summed E-state index contributed by atoms with van der Waals surface area (Å²) in [5.74, 6) is 0.362. The van der Waals surface area contributed by atoms with Crippen LogP contribution in [0.5, 0.6) is 0 Å². The first kappa shape index (κ1) is 18.4. The van der Waals surface area contributed by atoms with Crippen LogP contribution in [0.15, 0.2) is 40.2 Å². The highest BCUT2D eigenvalue weighted by molar-refractivity contribution is 7.89. The number of sulfonamides is 1. The van der Waals surface area contributed by atoms with E-state index in [2.05, 4.69) is 9.82 Å². The van der Waals surface area contributed by atoms with Crippen molar-refractivity contribution >= 4 is 33.2 Å². The van der Waals surface area contributed by atoms with E-state index in [9.17, 15) is 13.2 Å². The first-order valence-corrected chi connectivity index (χ1v) is 9.93. The third-order valence-electron chi connectivity index (χ3n) is 4.26. The first-order chi connectivity index (χ1) is 11.6. The highest BCUT2D eigenvalue weighted by Crippen LogP contribution is 2.39. The zero-order valence-electron chi connectivity index (χ0n) is 13.7. The zero-order valence-corrected chi connectivity index (χ0v) is 16.0.